The summed E-state index contributed by atoms with van der Waals surface area (Å²) in [5.41, 5.74) is 1.16. The fourth-order valence-electron chi connectivity index (χ4n) is 3.45. The fraction of sp³-hybridized carbons (Fsp3) is 0.556. The maximum Gasteiger partial charge on any atom is 0.242 e. The highest BCUT2D eigenvalue weighted by Gasteiger charge is 2.29. The highest BCUT2D eigenvalue weighted by molar-refractivity contribution is 7.99. The van der Waals surface area contributed by atoms with E-state index in [4.69, 9.17) is 0 Å². The number of amides is 2. The average Bonchev–Trinajstić information content (AvgIpc) is 2.57. The molecule has 1 saturated heterocycles. The molecule has 6 heteroatoms. The van der Waals surface area contributed by atoms with Crippen LogP contribution in [0.15, 0.2) is 29.2 Å². The standard InChI is InChI=1S/C18H25N3O2S/c1-13-12-24-17-8-4-3-7-16(17)21(13)11-18(23)20-9-5-6-15(10-20)19-14(2)22/h3-4,7-8,13,15H,5-6,9-12H2,1-2H3,(H,19,22)/t13-,15-/m1/s1. The summed E-state index contributed by atoms with van der Waals surface area (Å²) in [6, 6.07) is 8.72. The van der Waals surface area contributed by atoms with Gasteiger partial charge in [0.25, 0.3) is 0 Å². The predicted molar refractivity (Wildman–Crippen MR) is 97.4 cm³/mol. The minimum atomic E-state index is -0.0232. The van der Waals surface area contributed by atoms with Gasteiger partial charge < -0.3 is 15.1 Å². The maximum atomic E-state index is 12.8. The van der Waals surface area contributed by atoms with Gasteiger partial charge in [-0.1, -0.05) is 12.1 Å². The third kappa shape index (κ3) is 3.86. The first-order valence-electron chi connectivity index (χ1n) is 8.58. The van der Waals surface area contributed by atoms with Crippen LogP contribution in [0.1, 0.15) is 26.7 Å². The number of rotatable bonds is 3. The average molecular weight is 347 g/mol. The minimum Gasteiger partial charge on any atom is -0.358 e. The van der Waals surface area contributed by atoms with E-state index in [1.807, 2.05) is 28.8 Å². The Bertz CT molecular complexity index is 622. The third-order valence-electron chi connectivity index (χ3n) is 4.67. The van der Waals surface area contributed by atoms with Crippen LogP contribution in [0.4, 0.5) is 5.69 Å². The van der Waals surface area contributed by atoms with E-state index in [2.05, 4.69) is 29.3 Å². The van der Waals surface area contributed by atoms with Crippen LogP contribution < -0.4 is 10.2 Å². The van der Waals surface area contributed by atoms with Gasteiger partial charge in [0, 0.05) is 42.7 Å². The Kier molecular flexibility index (Phi) is 5.33. The molecule has 130 valence electrons. The molecule has 0 aromatic heterocycles. The number of benzene rings is 1. The number of hydrogen-bond acceptors (Lipinski definition) is 4. The van der Waals surface area contributed by atoms with Crippen LogP contribution in [0.2, 0.25) is 0 Å². The molecule has 2 amide bonds. The van der Waals surface area contributed by atoms with Gasteiger partial charge in [-0.25, -0.2) is 0 Å². The van der Waals surface area contributed by atoms with Crippen LogP contribution in [0.5, 0.6) is 0 Å². The van der Waals surface area contributed by atoms with Crippen molar-refractivity contribution in [3.05, 3.63) is 24.3 Å². The Morgan fingerprint density at radius 3 is 2.92 bits per heavy atom. The molecular weight excluding hydrogens is 322 g/mol. The molecule has 1 fully saturated rings. The van der Waals surface area contributed by atoms with Crippen LogP contribution in [0.25, 0.3) is 0 Å². The van der Waals surface area contributed by atoms with Crippen molar-refractivity contribution in [3.8, 4) is 0 Å². The van der Waals surface area contributed by atoms with Crippen molar-refractivity contribution < 1.29 is 9.59 Å². The normalized spacial score (nSPS) is 23.6. The highest BCUT2D eigenvalue weighted by Crippen LogP contribution is 2.37. The lowest BCUT2D eigenvalue weighted by molar-refractivity contribution is -0.132. The molecule has 2 atom stereocenters. The van der Waals surface area contributed by atoms with E-state index in [-0.39, 0.29) is 17.9 Å². The Morgan fingerprint density at radius 2 is 2.12 bits per heavy atom. The topological polar surface area (TPSA) is 52.7 Å². The SMILES string of the molecule is CC(=O)N[C@@H]1CCCN(C(=O)CN2c3ccccc3SC[C@H]2C)C1. The lowest BCUT2D eigenvalue weighted by Crippen LogP contribution is -2.52. The second kappa shape index (κ2) is 7.47. The number of piperidine rings is 1. The van der Waals surface area contributed by atoms with E-state index in [1.165, 1.54) is 11.8 Å². The number of anilines is 1. The number of carbonyl (C=O) groups excluding carboxylic acids is 2. The largest absolute Gasteiger partial charge is 0.358 e. The number of carbonyl (C=O) groups is 2. The second-order valence-electron chi connectivity index (χ2n) is 6.64. The lowest BCUT2D eigenvalue weighted by atomic mass is 10.1. The van der Waals surface area contributed by atoms with Crippen LogP contribution in [0.3, 0.4) is 0 Å². The van der Waals surface area contributed by atoms with Crippen molar-refractivity contribution in [2.75, 3.05) is 30.3 Å². The van der Waals surface area contributed by atoms with Crippen molar-refractivity contribution in [3.63, 3.8) is 0 Å². The van der Waals surface area contributed by atoms with Crippen molar-refractivity contribution in [1.29, 1.82) is 0 Å². The van der Waals surface area contributed by atoms with Gasteiger partial charge in [-0.05, 0) is 31.9 Å². The number of thioether (sulfide) groups is 1. The molecule has 0 radical (unpaired) electrons. The van der Waals surface area contributed by atoms with E-state index in [9.17, 15) is 9.59 Å². The molecule has 1 aromatic rings. The summed E-state index contributed by atoms with van der Waals surface area (Å²) in [6.45, 7) is 5.52. The first kappa shape index (κ1) is 17.1. The van der Waals surface area contributed by atoms with Crippen molar-refractivity contribution in [2.24, 2.45) is 0 Å². The first-order chi connectivity index (χ1) is 11.5. The number of nitrogens with zero attached hydrogens (tertiary/aromatic N) is 2. The van der Waals surface area contributed by atoms with Crippen LogP contribution in [-0.4, -0.2) is 54.2 Å². The summed E-state index contributed by atoms with van der Waals surface area (Å²) in [7, 11) is 0. The minimum absolute atomic E-state index is 0.0232. The second-order valence-corrected chi connectivity index (χ2v) is 7.70. The molecule has 2 heterocycles. The third-order valence-corrected chi connectivity index (χ3v) is 5.98. The first-order valence-corrected chi connectivity index (χ1v) is 9.56. The van der Waals surface area contributed by atoms with E-state index < -0.39 is 0 Å². The van der Waals surface area contributed by atoms with Crippen molar-refractivity contribution in [1.82, 2.24) is 10.2 Å². The summed E-state index contributed by atoms with van der Waals surface area (Å²) in [5, 5.41) is 2.94. The number of para-hydroxylation sites is 1. The van der Waals surface area contributed by atoms with E-state index in [0.717, 1.165) is 30.8 Å². The smallest absolute Gasteiger partial charge is 0.242 e. The van der Waals surface area contributed by atoms with Crippen molar-refractivity contribution >= 4 is 29.3 Å². The predicted octanol–water partition coefficient (Wildman–Crippen LogP) is 2.11. The Hall–Kier alpha value is -1.69. The number of likely N-dealkylation sites (tertiary alicyclic amines) is 1. The van der Waals surface area contributed by atoms with Gasteiger partial charge in [-0.3, -0.25) is 9.59 Å². The van der Waals surface area contributed by atoms with Gasteiger partial charge >= 0.3 is 0 Å². The molecule has 0 bridgehead atoms. The van der Waals surface area contributed by atoms with Gasteiger partial charge in [-0.2, -0.15) is 0 Å². The molecule has 1 aromatic carbocycles. The zero-order valence-corrected chi connectivity index (χ0v) is 15.1. The molecule has 1 N–H and O–H groups in total. The van der Waals surface area contributed by atoms with E-state index in [1.54, 1.807) is 0 Å². The molecular formula is C18H25N3O2S. The van der Waals surface area contributed by atoms with Gasteiger partial charge in [0.1, 0.15) is 0 Å². The van der Waals surface area contributed by atoms with Crippen LogP contribution in [-0.2, 0) is 9.59 Å². The van der Waals surface area contributed by atoms with E-state index >= 15 is 0 Å². The Balaban J connectivity index is 1.67. The zero-order valence-electron chi connectivity index (χ0n) is 14.3. The quantitative estimate of drug-likeness (QED) is 0.910. The molecule has 0 saturated carbocycles. The molecule has 2 aliphatic heterocycles. The number of nitrogens with one attached hydrogen (secondary N) is 1. The number of fused-ring (bicyclic) bond motifs is 1. The molecule has 24 heavy (non-hydrogen) atoms. The van der Waals surface area contributed by atoms with Gasteiger partial charge in [0.2, 0.25) is 11.8 Å². The molecule has 0 spiro atoms. The Morgan fingerprint density at radius 1 is 1.33 bits per heavy atom. The number of hydrogen-bond donors (Lipinski definition) is 1. The molecule has 2 aliphatic rings. The van der Waals surface area contributed by atoms with Gasteiger partial charge in [-0.15, -0.1) is 11.8 Å². The summed E-state index contributed by atoms with van der Waals surface area (Å²) < 4.78 is 0. The van der Waals surface area contributed by atoms with Crippen LogP contribution >= 0.6 is 11.8 Å². The Labute approximate surface area is 147 Å². The molecule has 3 rings (SSSR count). The zero-order chi connectivity index (χ0) is 17.1. The fourth-order valence-corrected chi connectivity index (χ4v) is 4.56. The monoisotopic (exact) mass is 347 g/mol. The van der Waals surface area contributed by atoms with Gasteiger partial charge in [0.15, 0.2) is 0 Å². The summed E-state index contributed by atoms with van der Waals surface area (Å²) in [4.78, 5) is 29.4. The molecule has 5 nitrogen and oxygen atoms in total. The summed E-state index contributed by atoms with van der Waals surface area (Å²) in [6.07, 6.45) is 1.89. The van der Waals surface area contributed by atoms with Crippen LogP contribution in [0, 0.1) is 0 Å². The summed E-state index contributed by atoms with van der Waals surface area (Å²) >= 11 is 1.86. The highest BCUT2D eigenvalue weighted by atomic mass is 32.2. The van der Waals surface area contributed by atoms with E-state index in [0.29, 0.717) is 19.1 Å². The maximum absolute atomic E-state index is 12.8. The molecule has 0 unspecified atom stereocenters. The van der Waals surface area contributed by atoms with Crippen molar-refractivity contribution in [2.45, 2.75) is 43.7 Å². The summed E-state index contributed by atoms with van der Waals surface area (Å²) in [5.74, 6) is 1.13. The molecule has 0 aliphatic carbocycles. The van der Waals surface area contributed by atoms with Gasteiger partial charge in [0.05, 0.1) is 12.2 Å². The lowest BCUT2D eigenvalue weighted by Gasteiger charge is -2.39.